The Labute approximate surface area is 290 Å². The molecule has 1 heterocycles. The van der Waals surface area contributed by atoms with Crippen LogP contribution >= 0.6 is 0 Å². The van der Waals surface area contributed by atoms with E-state index in [1.165, 1.54) is 64.2 Å². The third-order valence-corrected chi connectivity index (χ3v) is 9.38. The van der Waals surface area contributed by atoms with Crippen molar-refractivity contribution >= 4 is 11.9 Å². The van der Waals surface area contributed by atoms with E-state index in [1.807, 2.05) is 18.7 Å². The van der Waals surface area contributed by atoms with E-state index < -0.39 is 0 Å². The fourth-order valence-corrected chi connectivity index (χ4v) is 5.92. The first kappa shape index (κ1) is 43.1. The summed E-state index contributed by atoms with van der Waals surface area (Å²) in [7, 11) is 0. The molecule has 1 unspecified atom stereocenters. The topological polar surface area (TPSA) is 73.7 Å². The van der Waals surface area contributed by atoms with Crippen LogP contribution in [0.2, 0.25) is 0 Å². The van der Waals surface area contributed by atoms with Gasteiger partial charge in [0, 0.05) is 31.8 Å². The van der Waals surface area contributed by atoms with Crippen LogP contribution in [0.4, 0.5) is 0 Å². The Balaban J connectivity index is 2.14. The van der Waals surface area contributed by atoms with Gasteiger partial charge < -0.3 is 18.9 Å². The van der Waals surface area contributed by atoms with Gasteiger partial charge in [-0.15, -0.1) is 0 Å². The van der Waals surface area contributed by atoms with E-state index in [9.17, 15) is 9.59 Å². The molecule has 1 rings (SSSR count). The summed E-state index contributed by atoms with van der Waals surface area (Å²) < 4.78 is 13.1. The van der Waals surface area contributed by atoms with Crippen molar-refractivity contribution in [1.29, 1.82) is 0 Å². The van der Waals surface area contributed by atoms with Gasteiger partial charge in [-0.05, 0) is 88.3 Å². The van der Waals surface area contributed by atoms with Crippen LogP contribution < -0.4 is 0 Å². The lowest BCUT2D eigenvalue weighted by Gasteiger charge is -2.22. The van der Waals surface area contributed by atoms with E-state index in [-0.39, 0.29) is 11.9 Å². The van der Waals surface area contributed by atoms with Gasteiger partial charge in [0.05, 0.1) is 19.5 Å². The Morgan fingerprint density at radius 3 is 1.49 bits per heavy atom. The number of imidazole rings is 1. The smallest absolute Gasteiger partial charge is 0.305 e. The number of ether oxygens (including phenoxy) is 2. The van der Waals surface area contributed by atoms with Gasteiger partial charge in [0.15, 0.2) is 0 Å². The first-order chi connectivity index (χ1) is 22.7. The van der Waals surface area contributed by atoms with Crippen LogP contribution in [0, 0.1) is 23.7 Å². The van der Waals surface area contributed by atoms with Gasteiger partial charge in [0.2, 0.25) is 0 Å². The molecule has 0 saturated heterocycles. The minimum absolute atomic E-state index is 0.0253. The number of esters is 2. The van der Waals surface area contributed by atoms with Crippen molar-refractivity contribution in [1.82, 2.24) is 14.5 Å². The van der Waals surface area contributed by atoms with E-state index in [1.54, 1.807) is 0 Å². The molecule has 0 spiro atoms. The maximum Gasteiger partial charge on any atom is 0.305 e. The molecule has 0 bridgehead atoms. The Hall–Kier alpha value is -1.89. The molecule has 1 aromatic rings. The summed E-state index contributed by atoms with van der Waals surface area (Å²) in [6.45, 7) is 19.1. The number of unbranched alkanes of at least 4 members (excludes halogenated alkanes) is 8. The highest BCUT2D eigenvalue weighted by Gasteiger charge is 2.10. The van der Waals surface area contributed by atoms with Crippen LogP contribution in [-0.4, -0.2) is 59.2 Å². The van der Waals surface area contributed by atoms with Crippen LogP contribution in [0.25, 0.3) is 0 Å². The fourth-order valence-electron chi connectivity index (χ4n) is 5.92. The SMILES string of the molecule is CC(C)CCC(C)CCOC(=O)CCCCCCCN(CCCCCCCC(=O)OCC[C@@H](C)CCC(C)C)CCCn1ccnc1. The molecule has 0 N–H and O–H groups in total. The first-order valence-corrected chi connectivity index (χ1v) is 19.6. The molecule has 0 aliphatic carbocycles. The number of carbonyl (C=O) groups is 2. The summed E-state index contributed by atoms with van der Waals surface area (Å²) >= 11 is 0. The van der Waals surface area contributed by atoms with Crippen LogP contribution in [-0.2, 0) is 25.6 Å². The van der Waals surface area contributed by atoms with Gasteiger partial charge in [0.25, 0.3) is 0 Å². The van der Waals surface area contributed by atoms with E-state index in [4.69, 9.17) is 9.47 Å². The number of carbonyl (C=O) groups excluding carboxylic acids is 2. The third kappa shape index (κ3) is 27.7. The number of aryl methyl sites for hydroxylation is 1. The number of hydrogen-bond acceptors (Lipinski definition) is 6. The minimum Gasteiger partial charge on any atom is -0.466 e. The maximum absolute atomic E-state index is 12.1. The van der Waals surface area contributed by atoms with Crippen LogP contribution in [0.1, 0.15) is 164 Å². The number of hydrogen-bond donors (Lipinski definition) is 0. The Morgan fingerprint density at radius 2 is 1.04 bits per heavy atom. The van der Waals surface area contributed by atoms with Crippen molar-refractivity contribution in [3.05, 3.63) is 18.7 Å². The van der Waals surface area contributed by atoms with Gasteiger partial charge >= 0.3 is 11.9 Å². The first-order valence-electron chi connectivity index (χ1n) is 19.6. The minimum atomic E-state index is -0.0253. The molecule has 0 aliphatic rings. The predicted molar refractivity (Wildman–Crippen MR) is 196 cm³/mol. The van der Waals surface area contributed by atoms with Crippen molar-refractivity contribution < 1.29 is 19.1 Å². The normalized spacial score (nSPS) is 13.0. The number of aromatic nitrogens is 2. The zero-order valence-corrected chi connectivity index (χ0v) is 31.7. The van der Waals surface area contributed by atoms with Crippen LogP contribution in [0.3, 0.4) is 0 Å². The average Bonchev–Trinajstić information content (AvgIpc) is 3.55. The highest BCUT2D eigenvalue weighted by Crippen LogP contribution is 2.17. The zero-order valence-electron chi connectivity index (χ0n) is 31.7. The van der Waals surface area contributed by atoms with Crippen molar-refractivity contribution in [3.63, 3.8) is 0 Å². The van der Waals surface area contributed by atoms with E-state index in [2.05, 4.69) is 56.0 Å². The average molecular weight is 662 g/mol. The standard InChI is InChI=1S/C40H75N3O4/c1-35(2)20-22-37(5)24-32-46-39(44)18-13-9-7-11-15-27-42(29-17-30-43-31-26-41-34-43)28-16-12-8-10-14-19-40(45)47-33-25-38(6)23-21-36(3)4/h26,31,34-38H,7-25,27-30,32-33H2,1-6H3/t37-,38?/m0/s1. The van der Waals surface area contributed by atoms with Gasteiger partial charge in [-0.1, -0.05) is 106 Å². The van der Waals surface area contributed by atoms with E-state index >= 15 is 0 Å². The van der Waals surface area contributed by atoms with Crippen molar-refractivity contribution in [2.45, 2.75) is 170 Å². The summed E-state index contributed by atoms with van der Waals surface area (Å²) in [5, 5.41) is 0. The second-order valence-corrected chi connectivity index (χ2v) is 15.2. The maximum atomic E-state index is 12.1. The lowest BCUT2D eigenvalue weighted by Crippen LogP contribution is -2.28. The molecule has 0 fully saturated rings. The molecular weight excluding hydrogens is 586 g/mol. The summed E-state index contributed by atoms with van der Waals surface area (Å²) in [4.78, 5) is 31.0. The molecule has 7 nitrogen and oxygen atoms in total. The molecule has 0 saturated carbocycles. The van der Waals surface area contributed by atoms with Crippen LogP contribution in [0.15, 0.2) is 18.7 Å². The summed E-state index contributed by atoms with van der Waals surface area (Å²) in [6, 6.07) is 0. The quantitative estimate of drug-likeness (QED) is 0.0565. The summed E-state index contributed by atoms with van der Waals surface area (Å²) in [5.74, 6) is 2.68. The molecule has 1 aromatic heterocycles. The molecule has 2 atom stereocenters. The van der Waals surface area contributed by atoms with Gasteiger partial charge in [-0.3, -0.25) is 9.59 Å². The molecule has 0 aromatic carbocycles. The van der Waals surface area contributed by atoms with E-state index in [0.717, 1.165) is 83.0 Å². The Bertz CT molecular complexity index is 808. The molecule has 7 heteroatoms. The fraction of sp³-hybridized carbons (Fsp3) is 0.875. The lowest BCUT2D eigenvalue weighted by molar-refractivity contribution is -0.145. The second-order valence-electron chi connectivity index (χ2n) is 15.2. The van der Waals surface area contributed by atoms with Crippen molar-refractivity contribution in [2.24, 2.45) is 23.7 Å². The number of rotatable bonds is 32. The van der Waals surface area contributed by atoms with Crippen LogP contribution in [0.5, 0.6) is 0 Å². The molecule has 0 radical (unpaired) electrons. The third-order valence-electron chi connectivity index (χ3n) is 9.38. The van der Waals surface area contributed by atoms with Crippen molar-refractivity contribution in [3.8, 4) is 0 Å². The van der Waals surface area contributed by atoms with Gasteiger partial charge in [-0.2, -0.15) is 0 Å². The van der Waals surface area contributed by atoms with Crippen molar-refractivity contribution in [2.75, 3.05) is 32.8 Å². The zero-order chi connectivity index (χ0) is 34.5. The lowest BCUT2D eigenvalue weighted by atomic mass is 9.97. The van der Waals surface area contributed by atoms with E-state index in [0.29, 0.717) is 37.9 Å². The Morgan fingerprint density at radius 1 is 0.596 bits per heavy atom. The van der Waals surface area contributed by atoms with Gasteiger partial charge in [0.1, 0.15) is 0 Å². The highest BCUT2D eigenvalue weighted by atomic mass is 16.5. The molecule has 0 amide bonds. The number of nitrogens with zero attached hydrogens (tertiary/aromatic N) is 3. The molecule has 47 heavy (non-hydrogen) atoms. The molecule has 0 aliphatic heterocycles. The monoisotopic (exact) mass is 662 g/mol. The Kier molecular flexibility index (Phi) is 26.7. The summed E-state index contributed by atoms with van der Waals surface area (Å²) in [6.07, 6.45) is 26.2. The second kappa shape index (κ2) is 29.1. The van der Waals surface area contributed by atoms with Gasteiger partial charge in [-0.25, -0.2) is 4.98 Å². The molecular formula is C40H75N3O4. The molecule has 274 valence electrons. The largest absolute Gasteiger partial charge is 0.466 e. The highest BCUT2D eigenvalue weighted by molar-refractivity contribution is 5.69. The summed E-state index contributed by atoms with van der Waals surface area (Å²) in [5.41, 5.74) is 0. The predicted octanol–water partition coefficient (Wildman–Crippen LogP) is 10.3.